The van der Waals surface area contributed by atoms with Gasteiger partial charge in [-0.15, -0.1) is 0 Å². The lowest BCUT2D eigenvalue weighted by atomic mass is 9.93. The lowest BCUT2D eigenvalue weighted by Crippen LogP contribution is -2.35. The first-order chi connectivity index (χ1) is 13.3. The standard InChI is InChI=1S/C22H23NO5/c1-22(2)13-19(25)17-12-15(6-10-20(17)28-22)23-21(26)11-9-18(24)14-4-7-16(27-3)8-5-14/h4-8,10,12H,9,11,13H2,1-3H3,(H,23,26). The van der Waals surface area contributed by atoms with Gasteiger partial charge in [-0.2, -0.15) is 0 Å². The summed E-state index contributed by atoms with van der Waals surface area (Å²) in [7, 11) is 1.56. The average Bonchev–Trinajstić information content (AvgIpc) is 2.66. The van der Waals surface area contributed by atoms with Gasteiger partial charge in [-0.05, 0) is 56.3 Å². The van der Waals surface area contributed by atoms with Gasteiger partial charge >= 0.3 is 0 Å². The molecule has 3 rings (SSSR count). The molecule has 0 saturated carbocycles. The van der Waals surface area contributed by atoms with Crippen molar-refractivity contribution < 1.29 is 23.9 Å². The summed E-state index contributed by atoms with van der Waals surface area (Å²) >= 11 is 0. The number of Topliss-reactive ketones (excluding diaryl/α,β-unsaturated/α-hetero) is 2. The number of hydrogen-bond acceptors (Lipinski definition) is 5. The summed E-state index contributed by atoms with van der Waals surface area (Å²) in [5, 5.41) is 2.74. The second kappa shape index (κ2) is 7.84. The van der Waals surface area contributed by atoms with Crippen molar-refractivity contribution in [1.82, 2.24) is 0 Å². The Hall–Kier alpha value is -3.15. The second-order valence-electron chi connectivity index (χ2n) is 7.37. The fourth-order valence-corrected chi connectivity index (χ4v) is 3.10. The Morgan fingerprint density at radius 1 is 1.11 bits per heavy atom. The average molecular weight is 381 g/mol. The molecular formula is C22H23NO5. The summed E-state index contributed by atoms with van der Waals surface area (Å²) in [5.41, 5.74) is 0.980. The molecule has 28 heavy (non-hydrogen) atoms. The fourth-order valence-electron chi connectivity index (χ4n) is 3.10. The SMILES string of the molecule is COc1ccc(C(=O)CCC(=O)Nc2ccc3c(c2)C(=O)CC(C)(C)O3)cc1. The van der Waals surface area contributed by atoms with Crippen LogP contribution in [0.3, 0.4) is 0 Å². The molecule has 0 bridgehead atoms. The molecule has 1 heterocycles. The third-order valence-electron chi connectivity index (χ3n) is 4.53. The number of carbonyl (C=O) groups is 3. The zero-order valence-electron chi connectivity index (χ0n) is 16.2. The minimum atomic E-state index is -0.531. The van der Waals surface area contributed by atoms with Crippen LogP contribution in [0.2, 0.25) is 0 Å². The van der Waals surface area contributed by atoms with E-state index in [1.807, 2.05) is 13.8 Å². The molecule has 0 aromatic heterocycles. The lowest BCUT2D eigenvalue weighted by Gasteiger charge is -2.31. The van der Waals surface area contributed by atoms with E-state index in [0.29, 0.717) is 28.3 Å². The van der Waals surface area contributed by atoms with Crippen LogP contribution in [0, 0.1) is 0 Å². The monoisotopic (exact) mass is 381 g/mol. The molecule has 6 heteroatoms. The molecule has 1 aliphatic heterocycles. The maximum Gasteiger partial charge on any atom is 0.224 e. The summed E-state index contributed by atoms with van der Waals surface area (Å²) in [5.74, 6) is 0.773. The number of nitrogens with one attached hydrogen (secondary N) is 1. The van der Waals surface area contributed by atoms with E-state index < -0.39 is 5.60 Å². The third-order valence-corrected chi connectivity index (χ3v) is 4.53. The van der Waals surface area contributed by atoms with Gasteiger partial charge < -0.3 is 14.8 Å². The van der Waals surface area contributed by atoms with Crippen molar-refractivity contribution in [3.05, 3.63) is 53.6 Å². The molecule has 0 saturated heterocycles. The van der Waals surface area contributed by atoms with Gasteiger partial charge in [0.2, 0.25) is 5.91 Å². The van der Waals surface area contributed by atoms with E-state index in [-0.39, 0.29) is 36.7 Å². The van der Waals surface area contributed by atoms with Gasteiger partial charge in [0.05, 0.1) is 19.1 Å². The Labute approximate surface area is 163 Å². The molecule has 6 nitrogen and oxygen atoms in total. The van der Waals surface area contributed by atoms with Gasteiger partial charge in [-0.3, -0.25) is 14.4 Å². The van der Waals surface area contributed by atoms with Crippen LogP contribution >= 0.6 is 0 Å². The summed E-state index contributed by atoms with van der Waals surface area (Å²) in [6.07, 6.45) is 0.437. The van der Waals surface area contributed by atoms with Crippen molar-refractivity contribution in [2.75, 3.05) is 12.4 Å². The number of amides is 1. The van der Waals surface area contributed by atoms with E-state index in [4.69, 9.17) is 9.47 Å². The Morgan fingerprint density at radius 3 is 2.50 bits per heavy atom. The molecule has 2 aromatic rings. The largest absolute Gasteiger partial charge is 0.497 e. The molecule has 1 aliphatic rings. The van der Waals surface area contributed by atoms with Crippen LogP contribution in [0.5, 0.6) is 11.5 Å². The summed E-state index contributed by atoms with van der Waals surface area (Å²) in [6, 6.07) is 11.8. The third kappa shape index (κ3) is 4.57. The first-order valence-corrected chi connectivity index (χ1v) is 9.11. The molecule has 0 unspecified atom stereocenters. The minimum Gasteiger partial charge on any atom is -0.497 e. The van der Waals surface area contributed by atoms with Crippen molar-refractivity contribution in [3.63, 3.8) is 0 Å². The quantitative estimate of drug-likeness (QED) is 0.764. The van der Waals surface area contributed by atoms with Gasteiger partial charge in [0.1, 0.15) is 17.1 Å². The zero-order valence-corrected chi connectivity index (χ0v) is 16.2. The molecule has 2 aromatic carbocycles. The number of anilines is 1. The smallest absolute Gasteiger partial charge is 0.224 e. The molecule has 0 spiro atoms. The number of carbonyl (C=O) groups excluding carboxylic acids is 3. The molecule has 0 fully saturated rings. The molecule has 0 aliphatic carbocycles. The van der Waals surface area contributed by atoms with Crippen LogP contribution in [-0.4, -0.2) is 30.2 Å². The van der Waals surface area contributed by atoms with E-state index in [1.54, 1.807) is 49.6 Å². The van der Waals surface area contributed by atoms with Crippen LogP contribution in [0.1, 0.15) is 53.8 Å². The van der Waals surface area contributed by atoms with Crippen molar-refractivity contribution in [1.29, 1.82) is 0 Å². The lowest BCUT2D eigenvalue weighted by molar-refractivity contribution is -0.116. The van der Waals surface area contributed by atoms with Crippen molar-refractivity contribution in [2.45, 2.75) is 38.7 Å². The maximum absolute atomic E-state index is 12.3. The Bertz CT molecular complexity index is 915. The molecular weight excluding hydrogens is 358 g/mol. The van der Waals surface area contributed by atoms with E-state index in [2.05, 4.69) is 5.32 Å². The highest BCUT2D eigenvalue weighted by Crippen LogP contribution is 2.34. The zero-order chi connectivity index (χ0) is 20.3. The highest BCUT2D eigenvalue weighted by molar-refractivity contribution is 6.03. The van der Waals surface area contributed by atoms with Crippen LogP contribution in [0.4, 0.5) is 5.69 Å². The highest BCUT2D eigenvalue weighted by atomic mass is 16.5. The van der Waals surface area contributed by atoms with Crippen molar-refractivity contribution >= 4 is 23.2 Å². The topological polar surface area (TPSA) is 81.7 Å². The number of ether oxygens (including phenoxy) is 2. The molecule has 146 valence electrons. The predicted octanol–water partition coefficient (Wildman–Crippen LogP) is 4.04. The van der Waals surface area contributed by atoms with E-state index in [9.17, 15) is 14.4 Å². The highest BCUT2D eigenvalue weighted by Gasteiger charge is 2.32. The number of methoxy groups -OCH3 is 1. The molecule has 0 radical (unpaired) electrons. The molecule has 1 amide bonds. The summed E-state index contributed by atoms with van der Waals surface area (Å²) in [6.45, 7) is 3.73. The Kier molecular flexibility index (Phi) is 5.49. The van der Waals surface area contributed by atoms with Gasteiger partial charge in [0, 0.05) is 24.1 Å². The Balaban J connectivity index is 1.58. The number of benzene rings is 2. The second-order valence-corrected chi connectivity index (χ2v) is 7.37. The summed E-state index contributed by atoms with van der Waals surface area (Å²) in [4.78, 5) is 36.7. The van der Waals surface area contributed by atoms with Crippen molar-refractivity contribution in [2.24, 2.45) is 0 Å². The fraction of sp³-hybridized carbons (Fsp3) is 0.318. The van der Waals surface area contributed by atoms with Crippen LogP contribution in [-0.2, 0) is 4.79 Å². The molecule has 1 N–H and O–H groups in total. The van der Waals surface area contributed by atoms with E-state index in [1.165, 1.54) is 0 Å². The van der Waals surface area contributed by atoms with Crippen molar-refractivity contribution in [3.8, 4) is 11.5 Å². The Morgan fingerprint density at radius 2 is 1.82 bits per heavy atom. The summed E-state index contributed by atoms with van der Waals surface area (Å²) < 4.78 is 10.9. The molecule has 0 atom stereocenters. The minimum absolute atomic E-state index is 0.0166. The first-order valence-electron chi connectivity index (χ1n) is 9.11. The normalized spacial score (nSPS) is 14.6. The van der Waals surface area contributed by atoms with E-state index >= 15 is 0 Å². The van der Waals surface area contributed by atoms with Gasteiger partial charge in [0.25, 0.3) is 0 Å². The van der Waals surface area contributed by atoms with Gasteiger partial charge in [-0.1, -0.05) is 0 Å². The number of ketones is 2. The first kappa shape index (κ1) is 19.6. The number of rotatable bonds is 6. The van der Waals surface area contributed by atoms with Crippen LogP contribution in [0.15, 0.2) is 42.5 Å². The maximum atomic E-state index is 12.3. The predicted molar refractivity (Wildman–Crippen MR) is 105 cm³/mol. The van der Waals surface area contributed by atoms with Gasteiger partial charge in [0.15, 0.2) is 11.6 Å². The van der Waals surface area contributed by atoms with Crippen LogP contribution in [0.25, 0.3) is 0 Å². The van der Waals surface area contributed by atoms with Crippen LogP contribution < -0.4 is 14.8 Å². The number of hydrogen-bond donors (Lipinski definition) is 1. The van der Waals surface area contributed by atoms with E-state index in [0.717, 1.165) is 0 Å². The number of fused-ring (bicyclic) bond motifs is 1. The van der Waals surface area contributed by atoms with Gasteiger partial charge in [-0.25, -0.2) is 0 Å².